The number of amides is 1. The normalized spacial score (nSPS) is 12.9. The van der Waals surface area contributed by atoms with E-state index >= 15 is 0 Å². The zero-order valence-electron chi connectivity index (χ0n) is 18.2. The summed E-state index contributed by atoms with van der Waals surface area (Å²) < 4.78 is 1.54. The molecule has 0 aliphatic carbocycles. The second-order valence-corrected chi connectivity index (χ2v) is 7.44. The van der Waals surface area contributed by atoms with Gasteiger partial charge in [0.15, 0.2) is 0 Å². The SMILES string of the molecule is C/C=C(\C=C/C(C)C(=O)O)NC(=O)c1c(O)c2ccccc2n(CCCCCC)c1=O. The molecule has 1 atom stereocenters. The predicted molar refractivity (Wildman–Crippen MR) is 121 cm³/mol. The van der Waals surface area contributed by atoms with Gasteiger partial charge in [-0.1, -0.05) is 50.5 Å². The van der Waals surface area contributed by atoms with E-state index in [0.29, 0.717) is 23.1 Å². The average molecular weight is 427 g/mol. The zero-order chi connectivity index (χ0) is 23.0. The highest BCUT2D eigenvalue weighted by molar-refractivity contribution is 6.03. The van der Waals surface area contributed by atoms with E-state index in [1.807, 2.05) is 0 Å². The van der Waals surface area contributed by atoms with Crippen LogP contribution in [0.1, 0.15) is 56.8 Å². The third kappa shape index (κ3) is 5.84. The summed E-state index contributed by atoms with van der Waals surface area (Å²) in [5.74, 6) is -2.82. The fraction of sp³-hybridized carbons (Fsp3) is 0.375. The minimum absolute atomic E-state index is 0.326. The van der Waals surface area contributed by atoms with Crippen molar-refractivity contribution in [1.29, 1.82) is 0 Å². The van der Waals surface area contributed by atoms with Crippen LogP contribution in [0, 0.1) is 5.92 Å². The predicted octanol–water partition coefficient (Wildman–Crippen LogP) is 4.20. The number of aryl methyl sites for hydroxylation is 1. The van der Waals surface area contributed by atoms with Crippen LogP contribution in [0.3, 0.4) is 0 Å². The molecule has 0 spiro atoms. The molecule has 0 saturated heterocycles. The molecule has 1 aromatic heterocycles. The lowest BCUT2D eigenvalue weighted by Gasteiger charge is -2.15. The number of aromatic hydroxyl groups is 1. The van der Waals surface area contributed by atoms with Crippen LogP contribution in [0.2, 0.25) is 0 Å². The maximum absolute atomic E-state index is 13.2. The number of carboxylic acids is 1. The Hall–Kier alpha value is -3.35. The molecule has 1 amide bonds. The zero-order valence-corrected chi connectivity index (χ0v) is 18.2. The molecule has 31 heavy (non-hydrogen) atoms. The molecule has 0 saturated carbocycles. The maximum atomic E-state index is 13.2. The van der Waals surface area contributed by atoms with Crippen LogP contribution in [-0.4, -0.2) is 26.7 Å². The van der Waals surface area contributed by atoms with Crippen molar-refractivity contribution >= 4 is 22.8 Å². The van der Waals surface area contributed by atoms with Crippen molar-refractivity contribution in [2.75, 3.05) is 0 Å². The number of benzene rings is 1. The number of carbonyl (C=O) groups excluding carboxylic acids is 1. The van der Waals surface area contributed by atoms with Crippen molar-refractivity contribution in [2.24, 2.45) is 5.92 Å². The lowest BCUT2D eigenvalue weighted by Crippen LogP contribution is -2.33. The Kier molecular flexibility index (Phi) is 8.61. The Balaban J connectivity index is 2.43. The summed E-state index contributed by atoms with van der Waals surface area (Å²) in [6.45, 7) is 5.75. The van der Waals surface area contributed by atoms with Crippen LogP contribution in [0.15, 0.2) is 53.0 Å². The van der Waals surface area contributed by atoms with Gasteiger partial charge in [-0.3, -0.25) is 14.4 Å². The monoisotopic (exact) mass is 426 g/mol. The number of aromatic nitrogens is 1. The summed E-state index contributed by atoms with van der Waals surface area (Å²) in [7, 11) is 0. The molecule has 1 heterocycles. The van der Waals surface area contributed by atoms with Gasteiger partial charge < -0.3 is 20.1 Å². The third-order valence-electron chi connectivity index (χ3n) is 5.13. The van der Waals surface area contributed by atoms with Crippen molar-refractivity contribution in [3.8, 4) is 5.75 Å². The van der Waals surface area contributed by atoms with Crippen molar-refractivity contribution in [1.82, 2.24) is 9.88 Å². The second kappa shape index (κ2) is 11.2. The maximum Gasteiger partial charge on any atom is 0.310 e. The number of hydrogen-bond donors (Lipinski definition) is 3. The van der Waals surface area contributed by atoms with Crippen molar-refractivity contribution in [3.63, 3.8) is 0 Å². The summed E-state index contributed by atoms with van der Waals surface area (Å²) in [6, 6.07) is 6.96. The summed E-state index contributed by atoms with van der Waals surface area (Å²) >= 11 is 0. The topological polar surface area (TPSA) is 109 Å². The molecule has 2 aromatic rings. The van der Waals surface area contributed by atoms with Crippen LogP contribution >= 0.6 is 0 Å². The van der Waals surface area contributed by atoms with Gasteiger partial charge in [0.2, 0.25) is 0 Å². The first-order chi connectivity index (χ1) is 14.8. The first kappa shape index (κ1) is 23.9. The van der Waals surface area contributed by atoms with E-state index in [2.05, 4.69) is 12.2 Å². The number of para-hydroxylation sites is 1. The van der Waals surface area contributed by atoms with E-state index < -0.39 is 23.4 Å². The van der Waals surface area contributed by atoms with E-state index in [0.717, 1.165) is 25.7 Å². The fourth-order valence-corrected chi connectivity index (χ4v) is 3.25. The van der Waals surface area contributed by atoms with E-state index in [1.54, 1.807) is 37.3 Å². The van der Waals surface area contributed by atoms with Crippen LogP contribution in [0.4, 0.5) is 0 Å². The Morgan fingerprint density at radius 2 is 1.90 bits per heavy atom. The molecule has 166 valence electrons. The molecule has 0 fully saturated rings. The Labute approximate surface area is 181 Å². The second-order valence-electron chi connectivity index (χ2n) is 7.44. The van der Waals surface area contributed by atoms with Gasteiger partial charge in [-0.25, -0.2) is 0 Å². The number of unbranched alkanes of at least 4 members (excludes halogenated alkanes) is 3. The van der Waals surface area contributed by atoms with Gasteiger partial charge in [0.25, 0.3) is 11.5 Å². The van der Waals surface area contributed by atoms with Gasteiger partial charge in [-0.15, -0.1) is 0 Å². The average Bonchev–Trinajstić information content (AvgIpc) is 2.75. The third-order valence-corrected chi connectivity index (χ3v) is 5.13. The standard InChI is InChI=1S/C24H30N2O5/c1-4-6-7-10-15-26-19-12-9-8-11-18(19)21(27)20(23(26)29)22(28)25-17(5-2)14-13-16(3)24(30)31/h5,8-9,11-14,16,27H,4,6-7,10,15H2,1-3H3,(H,25,28)(H,30,31)/b14-13-,17-5+. The van der Waals surface area contributed by atoms with Crippen LogP contribution in [-0.2, 0) is 11.3 Å². The molecule has 0 aliphatic rings. The molecule has 0 bridgehead atoms. The molecular weight excluding hydrogens is 396 g/mol. The van der Waals surface area contributed by atoms with E-state index in [-0.39, 0.29) is 11.3 Å². The van der Waals surface area contributed by atoms with E-state index in [9.17, 15) is 19.5 Å². The number of carboxylic acid groups (broad SMARTS) is 1. The lowest BCUT2D eigenvalue weighted by molar-refractivity contribution is -0.139. The quantitative estimate of drug-likeness (QED) is 0.390. The van der Waals surface area contributed by atoms with Crippen LogP contribution < -0.4 is 10.9 Å². The Bertz CT molecular complexity index is 1070. The first-order valence-electron chi connectivity index (χ1n) is 10.5. The summed E-state index contributed by atoms with van der Waals surface area (Å²) in [5.41, 5.74) is 0.0378. The van der Waals surface area contributed by atoms with Crippen molar-refractivity contribution < 1.29 is 19.8 Å². The number of carbonyl (C=O) groups is 2. The largest absolute Gasteiger partial charge is 0.506 e. The molecule has 7 nitrogen and oxygen atoms in total. The highest BCUT2D eigenvalue weighted by Gasteiger charge is 2.22. The number of hydrogen-bond acceptors (Lipinski definition) is 4. The number of pyridine rings is 1. The van der Waals surface area contributed by atoms with Gasteiger partial charge in [0.05, 0.1) is 11.4 Å². The number of nitrogens with zero attached hydrogens (tertiary/aromatic N) is 1. The number of allylic oxidation sites excluding steroid dienone is 2. The van der Waals surface area contributed by atoms with E-state index in [4.69, 9.17) is 5.11 Å². The van der Waals surface area contributed by atoms with Gasteiger partial charge in [0, 0.05) is 17.6 Å². The number of aliphatic carboxylic acids is 1. The minimum atomic E-state index is -0.990. The summed E-state index contributed by atoms with van der Waals surface area (Å²) in [6.07, 6.45) is 8.38. The van der Waals surface area contributed by atoms with Gasteiger partial charge in [0.1, 0.15) is 11.3 Å². The van der Waals surface area contributed by atoms with Gasteiger partial charge >= 0.3 is 5.97 Å². The summed E-state index contributed by atoms with van der Waals surface area (Å²) in [5, 5.41) is 22.7. The fourth-order valence-electron chi connectivity index (χ4n) is 3.25. The highest BCUT2D eigenvalue weighted by atomic mass is 16.4. The molecule has 7 heteroatoms. The number of nitrogens with one attached hydrogen (secondary N) is 1. The minimum Gasteiger partial charge on any atom is -0.506 e. The molecular formula is C24H30N2O5. The van der Waals surface area contributed by atoms with Crippen LogP contribution in [0.25, 0.3) is 10.9 Å². The molecule has 2 rings (SSSR count). The molecule has 3 N–H and O–H groups in total. The number of fused-ring (bicyclic) bond motifs is 1. The smallest absolute Gasteiger partial charge is 0.310 e. The lowest BCUT2D eigenvalue weighted by atomic mass is 10.1. The summed E-state index contributed by atoms with van der Waals surface area (Å²) in [4.78, 5) is 37.1. The highest BCUT2D eigenvalue weighted by Crippen LogP contribution is 2.26. The van der Waals surface area contributed by atoms with Crippen LogP contribution in [0.5, 0.6) is 5.75 Å². The number of rotatable bonds is 10. The molecule has 1 aromatic carbocycles. The van der Waals surface area contributed by atoms with Gasteiger partial charge in [-0.2, -0.15) is 0 Å². The van der Waals surface area contributed by atoms with Crippen molar-refractivity contribution in [2.45, 2.75) is 53.0 Å². The molecule has 1 unspecified atom stereocenters. The van der Waals surface area contributed by atoms with Gasteiger partial charge in [-0.05, 0) is 38.5 Å². The molecule has 0 radical (unpaired) electrons. The first-order valence-corrected chi connectivity index (χ1v) is 10.5. The van der Waals surface area contributed by atoms with Crippen molar-refractivity contribution in [3.05, 3.63) is 64.1 Å². The molecule has 0 aliphatic heterocycles. The van der Waals surface area contributed by atoms with E-state index in [1.165, 1.54) is 23.6 Å². The Morgan fingerprint density at radius 1 is 1.19 bits per heavy atom. The Morgan fingerprint density at radius 3 is 2.55 bits per heavy atom.